The highest BCUT2D eigenvalue weighted by Crippen LogP contribution is 2.29. The predicted octanol–water partition coefficient (Wildman–Crippen LogP) is 2.82. The number of urea groups is 1. The van der Waals surface area contributed by atoms with Gasteiger partial charge < -0.3 is 15.7 Å². The van der Waals surface area contributed by atoms with Crippen molar-refractivity contribution < 1.29 is 27.9 Å². The van der Waals surface area contributed by atoms with E-state index in [0.29, 0.717) is 19.4 Å². The zero-order valence-corrected chi connectivity index (χ0v) is 12.6. The van der Waals surface area contributed by atoms with Gasteiger partial charge in [0.25, 0.3) is 0 Å². The first-order valence-electron chi connectivity index (χ1n) is 6.68. The third-order valence-electron chi connectivity index (χ3n) is 2.84. The van der Waals surface area contributed by atoms with E-state index in [4.69, 9.17) is 5.11 Å². The summed E-state index contributed by atoms with van der Waals surface area (Å²) in [4.78, 5) is 21.8. The smallest absolute Gasteiger partial charge is 0.441 e. The van der Waals surface area contributed by atoms with E-state index in [-0.39, 0.29) is 36.4 Å². The Labute approximate surface area is 126 Å². The standard InChI is InChI=1S/C12H21F3N2O3S/c1-2-9(3-4-10(18)19)5-6-16-11(20)17-7-8-21-12(13,14)15/h9H,2-8H2,1H3,(H,18,19)(H2,16,17,20). The van der Waals surface area contributed by atoms with Gasteiger partial charge in [-0.05, 0) is 30.5 Å². The summed E-state index contributed by atoms with van der Waals surface area (Å²) in [6.45, 7) is 2.25. The molecular weight excluding hydrogens is 309 g/mol. The summed E-state index contributed by atoms with van der Waals surface area (Å²) in [5.41, 5.74) is -4.28. The molecule has 0 fully saturated rings. The number of alkyl halides is 3. The number of carbonyl (C=O) groups excluding carboxylic acids is 1. The lowest BCUT2D eigenvalue weighted by molar-refractivity contribution is -0.137. The molecule has 0 aromatic rings. The molecule has 0 aromatic carbocycles. The summed E-state index contributed by atoms with van der Waals surface area (Å²) in [7, 11) is 0. The maximum atomic E-state index is 11.8. The first kappa shape index (κ1) is 19.9. The summed E-state index contributed by atoms with van der Waals surface area (Å²) < 4.78 is 35.5. The molecule has 0 bridgehead atoms. The number of hydrogen-bond donors (Lipinski definition) is 3. The topological polar surface area (TPSA) is 78.4 Å². The number of thioether (sulfide) groups is 1. The minimum atomic E-state index is -4.28. The van der Waals surface area contributed by atoms with Gasteiger partial charge in [-0.2, -0.15) is 13.2 Å². The van der Waals surface area contributed by atoms with Crippen molar-refractivity contribution in [3.05, 3.63) is 0 Å². The highest BCUT2D eigenvalue weighted by Gasteiger charge is 2.27. The van der Waals surface area contributed by atoms with Crippen LogP contribution in [0.15, 0.2) is 0 Å². The van der Waals surface area contributed by atoms with Crippen LogP contribution in [0, 0.1) is 5.92 Å². The van der Waals surface area contributed by atoms with Crippen LogP contribution in [-0.2, 0) is 4.79 Å². The molecule has 0 rings (SSSR count). The lowest BCUT2D eigenvalue weighted by Gasteiger charge is -2.14. The van der Waals surface area contributed by atoms with Crippen LogP contribution in [0.1, 0.15) is 32.6 Å². The van der Waals surface area contributed by atoms with Gasteiger partial charge in [-0.25, -0.2) is 4.79 Å². The van der Waals surface area contributed by atoms with Crippen LogP contribution >= 0.6 is 11.8 Å². The molecule has 9 heteroatoms. The van der Waals surface area contributed by atoms with Crippen LogP contribution in [0.4, 0.5) is 18.0 Å². The Bertz CT molecular complexity index is 327. The van der Waals surface area contributed by atoms with Gasteiger partial charge >= 0.3 is 17.5 Å². The van der Waals surface area contributed by atoms with E-state index < -0.39 is 17.5 Å². The molecule has 0 radical (unpaired) electrons. The number of hydrogen-bond acceptors (Lipinski definition) is 3. The first-order valence-corrected chi connectivity index (χ1v) is 7.67. The van der Waals surface area contributed by atoms with Crippen LogP contribution < -0.4 is 10.6 Å². The maximum absolute atomic E-state index is 11.8. The normalized spacial score (nSPS) is 12.8. The number of carboxylic acids is 1. The summed E-state index contributed by atoms with van der Waals surface area (Å²) in [5.74, 6) is -0.865. The molecule has 2 amide bonds. The highest BCUT2D eigenvalue weighted by molar-refractivity contribution is 8.00. The molecule has 124 valence electrons. The molecule has 3 N–H and O–H groups in total. The molecule has 1 atom stereocenters. The van der Waals surface area contributed by atoms with Crippen molar-refractivity contribution in [1.82, 2.24) is 10.6 Å². The number of rotatable bonds is 10. The van der Waals surface area contributed by atoms with Gasteiger partial charge in [-0.1, -0.05) is 13.3 Å². The molecule has 0 spiro atoms. The van der Waals surface area contributed by atoms with E-state index in [1.54, 1.807) is 0 Å². The van der Waals surface area contributed by atoms with E-state index in [1.807, 2.05) is 6.92 Å². The Morgan fingerprint density at radius 2 is 1.81 bits per heavy atom. The quantitative estimate of drug-likeness (QED) is 0.538. The van der Waals surface area contributed by atoms with Gasteiger partial charge in [-0.15, -0.1) is 0 Å². The summed E-state index contributed by atoms with van der Waals surface area (Å²) >= 11 is -0.181. The van der Waals surface area contributed by atoms with E-state index in [2.05, 4.69) is 10.6 Å². The van der Waals surface area contributed by atoms with Crippen LogP contribution in [0.2, 0.25) is 0 Å². The Balaban J connectivity index is 3.65. The SMILES string of the molecule is CCC(CCNC(=O)NCCSC(F)(F)F)CCC(=O)O. The maximum Gasteiger partial charge on any atom is 0.441 e. The molecule has 0 heterocycles. The minimum absolute atomic E-state index is 0.0633. The third-order valence-corrected chi connectivity index (χ3v) is 3.57. The number of carbonyl (C=O) groups is 2. The summed E-state index contributed by atoms with van der Waals surface area (Å²) in [5, 5.41) is 13.5. The van der Waals surface area contributed by atoms with Crippen molar-refractivity contribution in [2.24, 2.45) is 5.92 Å². The summed E-state index contributed by atoms with van der Waals surface area (Å²) in [6, 6.07) is -0.508. The number of aliphatic carboxylic acids is 1. The van der Waals surface area contributed by atoms with Gasteiger partial charge in [-0.3, -0.25) is 4.79 Å². The lowest BCUT2D eigenvalue weighted by Crippen LogP contribution is -2.37. The van der Waals surface area contributed by atoms with Crippen molar-refractivity contribution in [2.75, 3.05) is 18.8 Å². The molecule has 21 heavy (non-hydrogen) atoms. The lowest BCUT2D eigenvalue weighted by atomic mass is 9.97. The first-order chi connectivity index (χ1) is 9.74. The number of halogens is 3. The highest BCUT2D eigenvalue weighted by atomic mass is 32.2. The monoisotopic (exact) mass is 330 g/mol. The molecule has 0 aromatic heterocycles. The van der Waals surface area contributed by atoms with Crippen LogP contribution in [-0.4, -0.2) is 41.5 Å². The van der Waals surface area contributed by atoms with E-state index in [0.717, 1.165) is 6.42 Å². The van der Waals surface area contributed by atoms with Gasteiger partial charge in [0.15, 0.2) is 0 Å². The van der Waals surface area contributed by atoms with Crippen molar-refractivity contribution >= 4 is 23.8 Å². The third kappa shape index (κ3) is 13.6. The minimum Gasteiger partial charge on any atom is -0.481 e. The second-order valence-electron chi connectivity index (χ2n) is 4.47. The van der Waals surface area contributed by atoms with E-state index >= 15 is 0 Å². The van der Waals surface area contributed by atoms with Gasteiger partial charge in [0, 0.05) is 25.3 Å². The fourth-order valence-corrected chi connectivity index (χ4v) is 2.10. The fourth-order valence-electron chi connectivity index (χ4n) is 1.66. The van der Waals surface area contributed by atoms with E-state index in [1.165, 1.54) is 0 Å². The van der Waals surface area contributed by atoms with Crippen LogP contribution in [0.3, 0.4) is 0 Å². The van der Waals surface area contributed by atoms with Gasteiger partial charge in [0.1, 0.15) is 0 Å². The Morgan fingerprint density at radius 1 is 1.19 bits per heavy atom. The zero-order valence-electron chi connectivity index (χ0n) is 11.8. The fraction of sp³-hybridized carbons (Fsp3) is 0.833. The summed E-state index contributed by atoms with van der Waals surface area (Å²) in [6.07, 6.45) is 2.12. The second kappa shape index (κ2) is 10.6. The Hall–Kier alpha value is -1.12. The average Bonchev–Trinajstić information content (AvgIpc) is 2.37. The average molecular weight is 330 g/mol. The molecule has 0 aliphatic heterocycles. The van der Waals surface area contributed by atoms with Crippen molar-refractivity contribution in [3.63, 3.8) is 0 Å². The second-order valence-corrected chi connectivity index (χ2v) is 5.63. The predicted molar refractivity (Wildman–Crippen MR) is 75.2 cm³/mol. The zero-order chi connectivity index (χ0) is 16.3. The van der Waals surface area contributed by atoms with Gasteiger partial charge in [0.2, 0.25) is 0 Å². The van der Waals surface area contributed by atoms with Crippen LogP contribution in [0.5, 0.6) is 0 Å². The largest absolute Gasteiger partial charge is 0.481 e. The molecule has 0 saturated carbocycles. The van der Waals surface area contributed by atoms with Crippen molar-refractivity contribution in [3.8, 4) is 0 Å². The van der Waals surface area contributed by atoms with Crippen molar-refractivity contribution in [1.29, 1.82) is 0 Å². The number of nitrogens with one attached hydrogen (secondary N) is 2. The van der Waals surface area contributed by atoms with Gasteiger partial charge in [0.05, 0.1) is 0 Å². The number of amides is 2. The molecule has 0 aliphatic carbocycles. The molecule has 5 nitrogen and oxygen atoms in total. The molecule has 0 saturated heterocycles. The Morgan fingerprint density at radius 3 is 2.33 bits per heavy atom. The van der Waals surface area contributed by atoms with Crippen molar-refractivity contribution in [2.45, 2.75) is 38.1 Å². The molecular formula is C12H21F3N2O3S. The van der Waals surface area contributed by atoms with E-state index in [9.17, 15) is 22.8 Å². The Kier molecular flexibility index (Phi) is 10.0. The number of carboxylic acid groups (broad SMARTS) is 1. The molecule has 1 unspecified atom stereocenters. The molecule has 0 aliphatic rings. The van der Waals surface area contributed by atoms with Crippen LogP contribution in [0.25, 0.3) is 0 Å².